The Bertz CT molecular complexity index is 271. The average Bonchev–Trinajstić information content (AvgIpc) is 2.00. The molecule has 2 heterocycles. The molecule has 0 N–H and O–H groups in total. The van der Waals surface area contributed by atoms with Gasteiger partial charge in [0.2, 0.25) is 0 Å². The topological polar surface area (TPSA) is 16.1 Å². The minimum absolute atomic E-state index is 0.983. The first-order valence-electron chi connectivity index (χ1n) is 4.18. The monoisotopic (exact) mass is 226 g/mol. The summed E-state index contributed by atoms with van der Waals surface area (Å²) in [4.78, 5) is 6.60. The first-order valence-corrected chi connectivity index (χ1v) is 4.97. The van der Waals surface area contributed by atoms with E-state index in [-0.39, 0.29) is 0 Å². The van der Waals surface area contributed by atoms with Gasteiger partial charge in [-0.15, -0.1) is 0 Å². The maximum absolute atomic E-state index is 4.18. The molecule has 1 fully saturated rings. The quantitative estimate of drug-likeness (QED) is 0.719. The van der Waals surface area contributed by atoms with Gasteiger partial charge in [-0.1, -0.05) is 6.07 Å². The molecule has 0 saturated carbocycles. The van der Waals surface area contributed by atoms with Crippen LogP contribution < -0.4 is 0 Å². The number of halogens is 1. The summed E-state index contributed by atoms with van der Waals surface area (Å²) in [6.45, 7) is 3.51. The fraction of sp³-hybridized carbons (Fsp3) is 0.444. The predicted molar refractivity (Wildman–Crippen MR) is 51.8 cm³/mol. The maximum atomic E-state index is 4.18. The second-order valence-corrected chi connectivity index (χ2v) is 3.83. The molecule has 1 aromatic rings. The van der Waals surface area contributed by atoms with E-state index in [1.54, 1.807) is 0 Å². The third kappa shape index (κ3) is 1.67. The third-order valence-corrected chi connectivity index (χ3v) is 2.89. The molecule has 0 aromatic carbocycles. The first kappa shape index (κ1) is 8.20. The van der Waals surface area contributed by atoms with Crippen LogP contribution in [0.4, 0.5) is 0 Å². The molecule has 12 heavy (non-hydrogen) atoms. The average molecular weight is 227 g/mol. The summed E-state index contributed by atoms with van der Waals surface area (Å²) in [6, 6.07) is 4.11. The van der Waals surface area contributed by atoms with E-state index in [1.165, 1.54) is 25.1 Å². The lowest BCUT2D eigenvalue weighted by Gasteiger charge is -2.30. The van der Waals surface area contributed by atoms with Crippen LogP contribution in [0.2, 0.25) is 0 Å². The van der Waals surface area contributed by atoms with E-state index in [2.05, 4.69) is 31.9 Å². The number of pyridine rings is 1. The molecular formula is C9H11BrN2. The van der Waals surface area contributed by atoms with Crippen LogP contribution in [0.5, 0.6) is 0 Å². The van der Waals surface area contributed by atoms with Gasteiger partial charge in [-0.3, -0.25) is 4.90 Å². The lowest BCUT2D eigenvalue weighted by Crippen LogP contribution is -2.36. The molecule has 2 rings (SSSR count). The molecule has 0 bridgehead atoms. The van der Waals surface area contributed by atoms with E-state index in [9.17, 15) is 0 Å². The Balaban J connectivity index is 2.06. The van der Waals surface area contributed by atoms with Crippen molar-refractivity contribution in [1.82, 2.24) is 9.88 Å². The Morgan fingerprint density at radius 1 is 1.50 bits per heavy atom. The zero-order valence-corrected chi connectivity index (χ0v) is 8.42. The van der Waals surface area contributed by atoms with Crippen LogP contribution in [0, 0.1) is 0 Å². The summed E-state index contributed by atoms with van der Waals surface area (Å²) < 4.78 is 0.983. The van der Waals surface area contributed by atoms with Gasteiger partial charge in [-0.25, -0.2) is 4.98 Å². The van der Waals surface area contributed by atoms with Crippen molar-refractivity contribution in [3.8, 4) is 0 Å². The third-order valence-electron chi connectivity index (χ3n) is 2.18. The van der Waals surface area contributed by atoms with E-state index in [1.807, 2.05) is 12.3 Å². The van der Waals surface area contributed by atoms with Crippen LogP contribution in [-0.2, 0) is 6.54 Å². The van der Waals surface area contributed by atoms with Crippen molar-refractivity contribution in [3.05, 3.63) is 28.5 Å². The molecule has 3 heteroatoms. The SMILES string of the molecule is Brc1ncccc1CN1CCC1. The second-order valence-electron chi connectivity index (χ2n) is 3.08. The highest BCUT2D eigenvalue weighted by Crippen LogP contribution is 2.17. The molecular weight excluding hydrogens is 216 g/mol. The van der Waals surface area contributed by atoms with Crippen molar-refractivity contribution in [2.24, 2.45) is 0 Å². The minimum Gasteiger partial charge on any atom is -0.299 e. The van der Waals surface area contributed by atoms with Gasteiger partial charge in [-0.2, -0.15) is 0 Å². The Morgan fingerprint density at radius 3 is 2.92 bits per heavy atom. The van der Waals surface area contributed by atoms with Crippen molar-refractivity contribution in [2.45, 2.75) is 13.0 Å². The summed E-state index contributed by atoms with van der Waals surface area (Å²) in [5, 5.41) is 0. The Labute approximate surface area is 80.7 Å². The number of hydrogen-bond donors (Lipinski definition) is 0. The number of aromatic nitrogens is 1. The highest BCUT2D eigenvalue weighted by Gasteiger charge is 2.14. The number of nitrogens with zero attached hydrogens (tertiary/aromatic N) is 2. The summed E-state index contributed by atoms with van der Waals surface area (Å²) in [5.74, 6) is 0. The van der Waals surface area contributed by atoms with Gasteiger partial charge < -0.3 is 0 Å². The second kappa shape index (κ2) is 3.54. The van der Waals surface area contributed by atoms with Crippen LogP contribution in [0.25, 0.3) is 0 Å². The van der Waals surface area contributed by atoms with Crippen LogP contribution in [0.1, 0.15) is 12.0 Å². The van der Waals surface area contributed by atoms with Gasteiger partial charge >= 0.3 is 0 Å². The zero-order chi connectivity index (χ0) is 8.39. The van der Waals surface area contributed by atoms with Crippen molar-refractivity contribution >= 4 is 15.9 Å². The van der Waals surface area contributed by atoms with Gasteiger partial charge in [0.05, 0.1) is 0 Å². The van der Waals surface area contributed by atoms with Crippen molar-refractivity contribution in [3.63, 3.8) is 0 Å². The molecule has 0 aliphatic carbocycles. The number of hydrogen-bond acceptors (Lipinski definition) is 2. The standard InChI is InChI=1S/C9H11BrN2/c10-9-8(3-1-4-11-9)7-12-5-2-6-12/h1,3-4H,2,5-7H2. The summed E-state index contributed by atoms with van der Waals surface area (Å²) in [6.07, 6.45) is 3.15. The van der Waals surface area contributed by atoms with Crippen LogP contribution >= 0.6 is 15.9 Å². The summed E-state index contributed by atoms with van der Waals surface area (Å²) in [7, 11) is 0. The van der Waals surface area contributed by atoms with Gasteiger partial charge in [-0.05, 0) is 47.1 Å². The Hall–Kier alpha value is -0.410. The van der Waals surface area contributed by atoms with Gasteiger partial charge in [0.1, 0.15) is 4.60 Å². The van der Waals surface area contributed by atoms with E-state index in [4.69, 9.17) is 0 Å². The van der Waals surface area contributed by atoms with Crippen LogP contribution in [0.15, 0.2) is 22.9 Å². The lowest BCUT2D eigenvalue weighted by molar-refractivity contribution is 0.172. The maximum Gasteiger partial charge on any atom is 0.110 e. The summed E-state index contributed by atoms with van der Waals surface area (Å²) in [5.41, 5.74) is 1.29. The Kier molecular flexibility index (Phi) is 2.42. The van der Waals surface area contributed by atoms with Gasteiger partial charge in [0.15, 0.2) is 0 Å². The van der Waals surface area contributed by atoms with Crippen LogP contribution in [-0.4, -0.2) is 23.0 Å². The fourth-order valence-corrected chi connectivity index (χ4v) is 1.69. The largest absolute Gasteiger partial charge is 0.299 e. The zero-order valence-electron chi connectivity index (χ0n) is 6.83. The van der Waals surface area contributed by atoms with E-state index in [0.29, 0.717) is 0 Å². The van der Waals surface area contributed by atoms with Crippen molar-refractivity contribution in [1.29, 1.82) is 0 Å². The molecule has 64 valence electrons. The van der Waals surface area contributed by atoms with E-state index < -0.39 is 0 Å². The fourth-order valence-electron chi connectivity index (χ4n) is 1.32. The normalized spacial score (nSPS) is 17.4. The van der Waals surface area contributed by atoms with Crippen molar-refractivity contribution < 1.29 is 0 Å². The van der Waals surface area contributed by atoms with E-state index >= 15 is 0 Å². The molecule has 1 aromatic heterocycles. The molecule has 0 radical (unpaired) electrons. The van der Waals surface area contributed by atoms with Gasteiger partial charge in [0, 0.05) is 12.7 Å². The van der Waals surface area contributed by atoms with Gasteiger partial charge in [0.25, 0.3) is 0 Å². The molecule has 1 saturated heterocycles. The van der Waals surface area contributed by atoms with E-state index in [0.717, 1.165) is 11.1 Å². The lowest BCUT2D eigenvalue weighted by atomic mass is 10.2. The molecule has 1 aliphatic rings. The molecule has 0 atom stereocenters. The van der Waals surface area contributed by atoms with Crippen molar-refractivity contribution in [2.75, 3.05) is 13.1 Å². The first-order chi connectivity index (χ1) is 5.86. The predicted octanol–water partition coefficient (Wildman–Crippen LogP) is 2.05. The molecule has 1 aliphatic heterocycles. The van der Waals surface area contributed by atoms with Crippen LogP contribution in [0.3, 0.4) is 0 Å². The molecule has 2 nitrogen and oxygen atoms in total. The highest BCUT2D eigenvalue weighted by atomic mass is 79.9. The highest BCUT2D eigenvalue weighted by molar-refractivity contribution is 9.10. The Morgan fingerprint density at radius 2 is 2.33 bits per heavy atom. The minimum atomic E-state index is 0.983. The molecule has 0 unspecified atom stereocenters. The number of rotatable bonds is 2. The smallest absolute Gasteiger partial charge is 0.110 e. The summed E-state index contributed by atoms with van der Waals surface area (Å²) >= 11 is 3.44. The number of likely N-dealkylation sites (tertiary alicyclic amines) is 1. The molecule has 0 spiro atoms. The molecule has 0 amide bonds.